The fourth-order valence-corrected chi connectivity index (χ4v) is 4.36. The Bertz CT molecular complexity index is 951. The van der Waals surface area contributed by atoms with Crippen LogP contribution in [0.4, 0.5) is 5.69 Å². The standard InChI is InChI=1S/C21H26N6OS/c1-14-6-5-7-15(2)19(14)27-21(23-24-25-27)29-13-18-12-22-20(28-18)16-8-10-17(11-9-16)26(3)4/h5-11,18,20,22H,12-13H2,1-4H3/t18-,20-/m1/s1. The van der Waals surface area contributed by atoms with E-state index < -0.39 is 0 Å². The molecule has 2 atom stereocenters. The van der Waals surface area contributed by atoms with Crippen LogP contribution < -0.4 is 10.2 Å². The highest BCUT2D eigenvalue weighted by molar-refractivity contribution is 7.99. The number of rotatable bonds is 6. The molecule has 1 aliphatic rings. The third-order valence-electron chi connectivity index (χ3n) is 5.06. The second-order valence-corrected chi connectivity index (χ2v) is 8.44. The first-order valence-corrected chi connectivity index (χ1v) is 10.7. The van der Waals surface area contributed by atoms with Gasteiger partial charge in [0, 0.05) is 32.1 Å². The van der Waals surface area contributed by atoms with Crippen LogP contribution in [-0.2, 0) is 4.74 Å². The lowest BCUT2D eigenvalue weighted by Crippen LogP contribution is -2.17. The van der Waals surface area contributed by atoms with Gasteiger partial charge >= 0.3 is 0 Å². The zero-order chi connectivity index (χ0) is 20.4. The van der Waals surface area contributed by atoms with Crippen molar-refractivity contribution in [1.82, 2.24) is 25.5 Å². The molecule has 0 unspecified atom stereocenters. The predicted molar refractivity (Wildman–Crippen MR) is 116 cm³/mol. The molecular formula is C21H26N6OS. The van der Waals surface area contributed by atoms with Gasteiger partial charge in [-0.1, -0.05) is 42.1 Å². The van der Waals surface area contributed by atoms with Crippen molar-refractivity contribution in [2.75, 3.05) is 31.3 Å². The molecule has 0 amide bonds. The number of nitrogens with one attached hydrogen (secondary N) is 1. The Morgan fingerprint density at radius 2 is 1.86 bits per heavy atom. The number of hydrogen-bond acceptors (Lipinski definition) is 7. The van der Waals surface area contributed by atoms with Gasteiger partial charge < -0.3 is 9.64 Å². The Balaban J connectivity index is 1.40. The molecule has 0 spiro atoms. The Kier molecular flexibility index (Phi) is 5.84. The smallest absolute Gasteiger partial charge is 0.214 e. The summed E-state index contributed by atoms with van der Waals surface area (Å²) in [6.45, 7) is 4.96. The molecule has 2 aromatic carbocycles. The van der Waals surface area contributed by atoms with E-state index in [-0.39, 0.29) is 12.3 Å². The van der Waals surface area contributed by atoms with E-state index in [1.165, 1.54) is 5.69 Å². The molecule has 7 nitrogen and oxygen atoms in total. The van der Waals surface area contributed by atoms with Crippen molar-refractivity contribution in [2.24, 2.45) is 0 Å². The molecule has 2 heterocycles. The minimum absolute atomic E-state index is 0.0774. The van der Waals surface area contributed by atoms with Crippen LogP contribution in [0.1, 0.15) is 22.9 Å². The fourth-order valence-electron chi connectivity index (χ4n) is 3.49. The quantitative estimate of drug-likeness (QED) is 0.626. The number of tetrazole rings is 1. The molecule has 1 aromatic heterocycles. The van der Waals surface area contributed by atoms with Crippen LogP contribution >= 0.6 is 11.8 Å². The lowest BCUT2D eigenvalue weighted by Gasteiger charge is -2.16. The highest BCUT2D eigenvalue weighted by Crippen LogP contribution is 2.28. The lowest BCUT2D eigenvalue weighted by atomic mass is 10.1. The molecule has 1 saturated heterocycles. The van der Waals surface area contributed by atoms with Crippen LogP contribution in [0.3, 0.4) is 0 Å². The highest BCUT2D eigenvalue weighted by atomic mass is 32.2. The van der Waals surface area contributed by atoms with Gasteiger partial charge in [0.2, 0.25) is 5.16 Å². The van der Waals surface area contributed by atoms with E-state index in [0.717, 1.165) is 39.8 Å². The van der Waals surface area contributed by atoms with Crippen LogP contribution in [0, 0.1) is 13.8 Å². The van der Waals surface area contributed by atoms with Crippen LogP contribution in [0.2, 0.25) is 0 Å². The highest BCUT2D eigenvalue weighted by Gasteiger charge is 2.27. The second-order valence-electron chi connectivity index (χ2n) is 7.46. The molecule has 1 N–H and O–H groups in total. The zero-order valence-corrected chi connectivity index (χ0v) is 18.0. The van der Waals surface area contributed by atoms with Gasteiger partial charge in [-0.3, -0.25) is 5.32 Å². The van der Waals surface area contributed by atoms with E-state index in [1.54, 1.807) is 11.8 Å². The van der Waals surface area contributed by atoms with Crippen molar-refractivity contribution in [1.29, 1.82) is 0 Å². The minimum Gasteiger partial charge on any atom is -0.378 e. The average molecular weight is 411 g/mol. The van der Waals surface area contributed by atoms with Crippen molar-refractivity contribution >= 4 is 17.4 Å². The van der Waals surface area contributed by atoms with Gasteiger partial charge in [0.25, 0.3) is 0 Å². The molecule has 0 aliphatic carbocycles. The summed E-state index contributed by atoms with van der Waals surface area (Å²) in [6, 6.07) is 14.7. The average Bonchev–Trinajstić information content (AvgIpc) is 3.36. The number of thioether (sulfide) groups is 1. The Hall–Kier alpha value is -2.42. The summed E-state index contributed by atoms with van der Waals surface area (Å²) in [6.07, 6.45) is 0.0214. The van der Waals surface area contributed by atoms with E-state index in [2.05, 4.69) is 82.1 Å². The predicted octanol–water partition coefficient (Wildman–Crippen LogP) is 3.12. The van der Waals surface area contributed by atoms with Crippen LogP contribution in [0.5, 0.6) is 0 Å². The molecule has 1 aliphatic heterocycles. The second kappa shape index (κ2) is 8.52. The molecular weight excluding hydrogens is 384 g/mol. The molecule has 29 heavy (non-hydrogen) atoms. The van der Waals surface area contributed by atoms with E-state index in [9.17, 15) is 0 Å². The zero-order valence-electron chi connectivity index (χ0n) is 17.2. The van der Waals surface area contributed by atoms with Crippen LogP contribution in [-0.4, -0.2) is 52.7 Å². The van der Waals surface area contributed by atoms with Crippen molar-refractivity contribution in [3.63, 3.8) is 0 Å². The van der Waals surface area contributed by atoms with Crippen molar-refractivity contribution in [3.8, 4) is 5.69 Å². The Morgan fingerprint density at radius 1 is 1.14 bits per heavy atom. The van der Waals surface area contributed by atoms with Crippen LogP contribution in [0.25, 0.3) is 5.69 Å². The topological polar surface area (TPSA) is 68.1 Å². The first-order chi connectivity index (χ1) is 14.0. The molecule has 0 saturated carbocycles. The summed E-state index contributed by atoms with van der Waals surface area (Å²) in [5, 5.41) is 16.6. The third kappa shape index (κ3) is 4.29. The summed E-state index contributed by atoms with van der Waals surface area (Å²) < 4.78 is 8.04. The number of aromatic nitrogens is 4. The lowest BCUT2D eigenvalue weighted by molar-refractivity contribution is 0.0534. The van der Waals surface area contributed by atoms with E-state index >= 15 is 0 Å². The normalized spacial score (nSPS) is 18.9. The number of anilines is 1. The maximum Gasteiger partial charge on any atom is 0.214 e. The maximum absolute atomic E-state index is 6.22. The van der Waals surface area contributed by atoms with Gasteiger partial charge in [0.05, 0.1) is 11.8 Å². The van der Waals surface area contributed by atoms with Gasteiger partial charge in [-0.25, -0.2) is 0 Å². The number of ether oxygens (including phenoxy) is 1. The summed E-state index contributed by atoms with van der Waals surface area (Å²) >= 11 is 1.62. The van der Waals surface area contributed by atoms with E-state index in [1.807, 2.05) is 18.8 Å². The van der Waals surface area contributed by atoms with E-state index in [4.69, 9.17) is 4.74 Å². The Morgan fingerprint density at radius 3 is 2.55 bits per heavy atom. The van der Waals surface area contributed by atoms with Gasteiger partial charge in [-0.2, -0.15) is 4.68 Å². The fraction of sp³-hybridized carbons (Fsp3) is 0.381. The maximum atomic E-state index is 6.22. The molecule has 4 rings (SSSR count). The van der Waals surface area contributed by atoms with Gasteiger partial charge in [-0.05, 0) is 53.1 Å². The molecule has 1 fully saturated rings. The first kappa shape index (κ1) is 19.9. The SMILES string of the molecule is Cc1cccc(C)c1-n1nnnc1SC[C@H]1CN[C@@H](c2ccc(N(C)C)cc2)O1. The number of hydrogen-bond donors (Lipinski definition) is 1. The van der Waals surface area contributed by atoms with Gasteiger partial charge in [-0.15, -0.1) is 5.10 Å². The molecule has 0 radical (unpaired) electrons. The molecule has 152 valence electrons. The molecule has 3 aromatic rings. The monoisotopic (exact) mass is 410 g/mol. The van der Waals surface area contributed by atoms with Crippen molar-refractivity contribution < 1.29 is 4.74 Å². The minimum atomic E-state index is -0.0774. The van der Waals surface area contributed by atoms with Crippen molar-refractivity contribution in [3.05, 3.63) is 59.2 Å². The number of aryl methyl sites for hydroxylation is 2. The summed E-state index contributed by atoms with van der Waals surface area (Å²) in [5.41, 5.74) is 5.67. The van der Waals surface area contributed by atoms with E-state index in [0.29, 0.717) is 0 Å². The summed E-state index contributed by atoms with van der Waals surface area (Å²) in [5.74, 6) is 0.782. The Labute approximate surface area is 175 Å². The molecule has 0 bridgehead atoms. The summed E-state index contributed by atoms with van der Waals surface area (Å²) in [4.78, 5) is 2.09. The number of benzene rings is 2. The number of nitrogens with zero attached hydrogens (tertiary/aromatic N) is 5. The third-order valence-corrected chi connectivity index (χ3v) is 6.11. The summed E-state index contributed by atoms with van der Waals surface area (Å²) in [7, 11) is 4.08. The molecule has 8 heteroatoms. The first-order valence-electron chi connectivity index (χ1n) is 9.67. The van der Waals surface area contributed by atoms with Gasteiger partial charge in [0.1, 0.15) is 6.23 Å². The van der Waals surface area contributed by atoms with Crippen molar-refractivity contribution in [2.45, 2.75) is 31.3 Å². The van der Waals surface area contributed by atoms with Gasteiger partial charge in [0.15, 0.2) is 0 Å². The largest absolute Gasteiger partial charge is 0.378 e. The van der Waals surface area contributed by atoms with Crippen LogP contribution in [0.15, 0.2) is 47.6 Å². The number of para-hydroxylation sites is 1.